The van der Waals surface area contributed by atoms with Gasteiger partial charge in [0.1, 0.15) is 0 Å². The number of hydrogen-bond acceptors (Lipinski definition) is 1. The molecule has 0 amide bonds. The summed E-state index contributed by atoms with van der Waals surface area (Å²) >= 11 is 1.92. The molecule has 2 aromatic heterocycles. The zero-order chi connectivity index (χ0) is 25.1. The van der Waals surface area contributed by atoms with Crippen LogP contribution >= 0.6 is 11.3 Å². The second-order valence-corrected chi connectivity index (χ2v) is 11.2. The van der Waals surface area contributed by atoms with Crippen molar-refractivity contribution < 1.29 is 0 Å². The standard InChI is InChI=1S/C36H25NS/c1-2-9-24(10-3-1)25-11-8-12-28(21-25)37-33-15-6-4-13-29(33)31-22-26(17-19-34(31)37)27-18-20-36-32(23-27)30-14-5-7-16-35(30)38-36/h1-4,6-13,15-23H,5,14H2. The Morgan fingerprint density at radius 3 is 2.21 bits per heavy atom. The van der Waals surface area contributed by atoms with Crippen molar-refractivity contribution in [3.63, 3.8) is 0 Å². The summed E-state index contributed by atoms with van der Waals surface area (Å²) in [5, 5.41) is 4.00. The predicted molar refractivity (Wildman–Crippen MR) is 164 cm³/mol. The molecule has 1 aliphatic rings. The van der Waals surface area contributed by atoms with Crippen LogP contribution in [0.2, 0.25) is 0 Å². The molecule has 1 aliphatic carbocycles. The van der Waals surface area contributed by atoms with Crippen molar-refractivity contribution >= 4 is 49.3 Å². The zero-order valence-corrected chi connectivity index (χ0v) is 21.7. The summed E-state index contributed by atoms with van der Waals surface area (Å²) in [7, 11) is 0. The van der Waals surface area contributed by atoms with Gasteiger partial charge >= 0.3 is 0 Å². The van der Waals surface area contributed by atoms with Gasteiger partial charge in [-0.25, -0.2) is 0 Å². The first-order chi connectivity index (χ1) is 18.8. The molecule has 8 rings (SSSR count). The summed E-state index contributed by atoms with van der Waals surface area (Å²) in [6.45, 7) is 0. The molecule has 0 saturated carbocycles. The summed E-state index contributed by atoms with van der Waals surface area (Å²) in [6.07, 6.45) is 6.89. The molecule has 0 spiro atoms. The van der Waals surface area contributed by atoms with E-state index in [-0.39, 0.29) is 0 Å². The van der Waals surface area contributed by atoms with E-state index in [4.69, 9.17) is 0 Å². The minimum Gasteiger partial charge on any atom is -0.309 e. The van der Waals surface area contributed by atoms with Crippen molar-refractivity contribution in [3.8, 4) is 27.9 Å². The van der Waals surface area contributed by atoms with E-state index in [1.807, 2.05) is 11.3 Å². The second kappa shape index (κ2) is 8.58. The van der Waals surface area contributed by atoms with Crippen LogP contribution in [0.1, 0.15) is 16.9 Å². The molecular formula is C36H25NS. The molecule has 2 heteroatoms. The molecule has 0 unspecified atom stereocenters. The highest BCUT2D eigenvalue weighted by Crippen LogP contribution is 2.40. The fourth-order valence-electron chi connectivity index (χ4n) is 6.04. The van der Waals surface area contributed by atoms with Crippen molar-refractivity contribution in [3.05, 3.63) is 132 Å². The van der Waals surface area contributed by atoms with Crippen LogP contribution in [0.15, 0.2) is 121 Å². The number of benzene rings is 5. The molecule has 5 aromatic carbocycles. The Kier molecular flexibility index (Phi) is 4.89. The number of fused-ring (bicyclic) bond motifs is 6. The molecule has 0 atom stereocenters. The third-order valence-corrected chi connectivity index (χ3v) is 9.05. The third kappa shape index (κ3) is 3.38. The van der Waals surface area contributed by atoms with Gasteiger partial charge in [0.05, 0.1) is 11.0 Å². The van der Waals surface area contributed by atoms with Gasteiger partial charge in [0, 0.05) is 26.0 Å². The number of nitrogens with zero attached hydrogens (tertiary/aromatic N) is 1. The maximum atomic E-state index is 2.41. The van der Waals surface area contributed by atoms with Crippen LogP contribution in [0.4, 0.5) is 0 Å². The maximum absolute atomic E-state index is 2.41. The summed E-state index contributed by atoms with van der Waals surface area (Å²) in [6, 6.07) is 42.3. The van der Waals surface area contributed by atoms with Crippen LogP contribution in [0.3, 0.4) is 0 Å². The minimum absolute atomic E-state index is 1.14. The molecule has 2 heterocycles. The lowest BCUT2D eigenvalue weighted by molar-refractivity contribution is 1.01. The summed E-state index contributed by atoms with van der Waals surface area (Å²) in [4.78, 5) is 1.43. The van der Waals surface area contributed by atoms with Gasteiger partial charge in [-0.1, -0.05) is 78.9 Å². The predicted octanol–water partition coefficient (Wildman–Crippen LogP) is 10.3. The van der Waals surface area contributed by atoms with E-state index in [0.29, 0.717) is 0 Å². The number of para-hydroxylation sites is 1. The monoisotopic (exact) mass is 503 g/mol. The first kappa shape index (κ1) is 21.7. The quantitative estimate of drug-likeness (QED) is 0.226. The number of rotatable bonds is 3. The fourth-order valence-corrected chi connectivity index (χ4v) is 7.21. The highest BCUT2D eigenvalue weighted by atomic mass is 32.1. The van der Waals surface area contributed by atoms with Crippen LogP contribution in [-0.2, 0) is 6.42 Å². The summed E-state index contributed by atoms with van der Waals surface area (Å²) < 4.78 is 3.80. The van der Waals surface area contributed by atoms with Crippen LogP contribution in [0.5, 0.6) is 0 Å². The Morgan fingerprint density at radius 2 is 1.29 bits per heavy atom. The van der Waals surface area contributed by atoms with Crippen molar-refractivity contribution in [1.82, 2.24) is 4.57 Å². The fraction of sp³-hybridized carbons (Fsp3) is 0.0556. The topological polar surface area (TPSA) is 4.93 Å². The lowest BCUT2D eigenvalue weighted by Crippen LogP contribution is -1.94. The van der Waals surface area contributed by atoms with E-state index < -0.39 is 0 Å². The summed E-state index contributed by atoms with van der Waals surface area (Å²) in [5.41, 5.74) is 10.2. The normalized spacial score (nSPS) is 12.9. The Hall–Kier alpha value is -4.40. The van der Waals surface area contributed by atoms with Gasteiger partial charge in [-0.3, -0.25) is 0 Å². The van der Waals surface area contributed by atoms with E-state index in [2.05, 4.69) is 132 Å². The molecule has 7 aromatic rings. The van der Waals surface area contributed by atoms with E-state index in [0.717, 1.165) is 12.8 Å². The second-order valence-electron chi connectivity index (χ2n) is 10.1. The van der Waals surface area contributed by atoms with E-state index in [1.54, 1.807) is 0 Å². The summed E-state index contributed by atoms with van der Waals surface area (Å²) in [5.74, 6) is 0. The molecule has 0 fully saturated rings. The molecule has 180 valence electrons. The molecule has 0 radical (unpaired) electrons. The first-order valence-electron chi connectivity index (χ1n) is 13.2. The SMILES string of the molecule is C1=Cc2sc3ccc(-c4ccc5c(c4)c4ccccc4n5-c4cccc(-c5ccccc5)c4)cc3c2CC1. The highest BCUT2D eigenvalue weighted by molar-refractivity contribution is 7.20. The molecule has 0 aliphatic heterocycles. The van der Waals surface area contributed by atoms with Crippen molar-refractivity contribution in [2.75, 3.05) is 0 Å². The Bertz CT molecular complexity index is 2020. The van der Waals surface area contributed by atoms with Crippen LogP contribution in [-0.4, -0.2) is 4.57 Å². The van der Waals surface area contributed by atoms with Crippen LogP contribution in [0, 0.1) is 0 Å². The van der Waals surface area contributed by atoms with E-state index in [9.17, 15) is 0 Å². The van der Waals surface area contributed by atoms with Gasteiger partial charge in [0.25, 0.3) is 0 Å². The van der Waals surface area contributed by atoms with E-state index in [1.165, 1.54) is 70.3 Å². The van der Waals surface area contributed by atoms with Crippen molar-refractivity contribution in [1.29, 1.82) is 0 Å². The highest BCUT2D eigenvalue weighted by Gasteiger charge is 2.16. The van der Waals surface area contributed by atoms with Crippen molar-refractivity contribution in [2.24, 2.45) is 0 Å². The van der Waals surface area contributed by atoms with Gasteiger partial charge in [-0.15, -0.1) is 11.3 Å². The Balaban J connectivity index is 1.31. The number of thiophene rings is 1. The van der Waals surface area contributed by atoms with Crippen LogP contribution < -0.4 is 0 Å². The largest absolute Gasteiger partial charge is 0.309 e. The smallest absolute Gasteiger partial charge is 0.0541 e. The van der Waals surface area contributed by atoms with Gasteiger partial charge in [0.15, 0.2) is 0 Å². The van der Waals surface area contributed by atoms with Crippen molar-refractivity contribution in [2.45, 2.75) is 12.8 Å². The Labute approximate surface area is 225 Å². The number of aryl methyl sites for hydroxylation is 1. The molecule has 0 saturated heterocycles. The molecule has 1 nitrogen and oxygen atoms in total. The average molecular weight is 504 g/mol. The van der Waals surface area contributed by atoms with Gasteiger partial charge in [0.2, 0.25) is 0 Å². The lowest BCUT2D eigenvalue weighted by Gasteiger charge is -2.11. The number of allylic oxidation sites excluding steroid dienone is 1. The molecule has 0 bridgehead atoms. The minimum atomic E-state index is 1.14. The van der Waals surface area contributed by atoms with Crippen LogP contribution in [0.25, 0.3) is 65.9 Å². The van der Waals surface area contributed by atoms with Gasteiger partial charge in [-0.05, 0) is 94.6 Å². The Morgan fingerprint density at radius 1 is 0.553 bits per heavy atom. The van der Waals surface area contributed by atoms with Gasteiger partial charge in [-0.2, -0.15) is 0 Å². The number of aromatic nitrogens is 1. The first-order valence-corrected chi connectivity index (χ1v) is 14.1. The third-order valence-electron chi connectivity index (χ3n) is 7.87. The number of hydrogen-bond donors (Lipinski definition) is 0. The van der Waals surface area contributed by atoms with E-state index >= 15 is 0 Å². The average Bonchev–Trinajstić information content (AvgIpc) is 3.53. The zero-order valence-electron chi connectivity index (χ0n) is 20.9. The lowest BCUT2D eigenvalue weighted by atomic mass is 9.97. The molecule has 0 N–H and O–H groups in total. The maximum Gasteiger partial charge on any atom is 0.0541 e. The molecule has 38 heavy (non-hydrogen) atoms. The molecular weight excluding hydrogens is 478 g/mol. The van der Waals surface area contributed by atoms with Gasteiger partial charge < -0.3 is 4.57 Å².